The van der Waals surface area contributed by atoms with Crippen molar-refractivity contribution >= 4 is 14.7 Å². The molecule has 0 fully saturated rings. The van der Waals surface area contributed by atoms with Crippen molar-refractivity contribution in [2.45, 2.75) is 0 Å². The molecule has 0 aliphatic rings. The number of hydrogen-bond acceptors (Lipinski definition) is 1. The summed E-state index contributed by atoms with van der Waals surface area (Å²) in [4.78, 5) is 8.96. The number of hydrogen-bond donors (Lipinski definition) is 1. The van der Waals surface area contributed by atoms with Crippen LogP contribution in [0.1, 0.15) is 0 Å². The van der Waals surface area contributed by atoms with E-state index in [0.717, 1.165) is 0 Å². The first-order chi connectivity index (χ1) is 2.94. The van der Waals surface area contributed by atoms with Gasteiger partial charge in [-0.15, -0.1) is 0 Å². The first kappa shape index (κ1) is 6.48. The van der Waals surface area contributed by atoms with Gasteiger partial charge in [0.2, 0.25) is 0 Å². The van der Waals surface area contributed by atoms with Gasteiger partial charge in [-0.3, -0.25) is 0 Å². The highest BCUT2D eigenvalue weighted by molar-refractivity contribution is 6.89. The molecular weight excluding hydrogens is 129 g/mol. The normalized spacial score (nSPS) is 11.3. The van der Waals surface area contributed by atoms with E-state index in [1.54, 1.807) is 0 Å². The molecule has 0 rings (SSSR count). The lowest BCUT2D eigenvalue weighted by molar-refractivity contribution is 0.206. The molecule has 0 aliphatic heterocycles. The smallest absolute Gasteiger partial charge is 0.478 e. The van der Waals surface area contributed by atoms with Gasteiger partial charge in [-0.2, -0.15) is 0 Å². The van der Waals surface area contributed by atoms with E-state index in [1.165, 1.54) is 0 Å². The van der Waals surface area contributed by atoms with Crippen molar-refractivity contribution in [3.05, 3.63) is 0 Å². The zero-order valence-electron chi connectivity index (χ0n) is 2.99. The molecule has 0 heterocycles. The van der Waals surface area contributed by atoms with Crippen molar-refractivity contribution in [1.29, 1.82) is 0 Å². The summed E-state index contributed by atoms with van der Waals surface area (Å²) >= 11 is 0. The Labute approximate surface area is 38.1 Å². The predicted molar refractivity (Wildman–Crippen MR) is 17.1 cm³/mol. The van der Waals surface area contributed by atoms with Crippen LogP contribution in [0.5, 0.6) is 0 Å². The monoisotopic (exact) mass is 130 g/mol. The zero-order valence-corrected chi connectivity index (χ0v) is 3.99. The standard InChI is InChI=1S/CHF3O2Si/c2-7(3,4)1(5)6/h(H,5,6). The van der Waals surface area contributed by atoms with Crippen molar-refractivity contribution in [3.63, 3.8) is 0 Å². The van der Waals surface area contributed by atoms with Gasteiger partial charge in [0.25, 0.3) is 0 Å². The molecule has 1 N–H and O–H groups in total. The van der Waals surface area contributed by atoms with E-state index in [1.807, 2.05) is 0 Å². The van der Waals surface area contributed by atoms with Gasteiger partial charge in [-0.05, 0) is 0 Å². The lowest BCUT2D eigenvalue weighted by atomic mass is 11.6. The topological polar surface area (TPSA) is 37.3 Å². The Balaban J connectivity index is 3.79. The molecule has 0 aromatic carbocycles. The van der Waals surface area contributed by atoms with Crippen LogP contribution < -0.4 is 0 Å². The molecule has 0 atom stereocenters. The third-order valence-corrected chi connectivity index (χ3v) is 0.728. The second-order valence-electron chi connectivity index (χ2n) is 0.803. The van der Waals surface area contributed by atoms with Crippen molar-refractivity contribution in [1.82, 2.24) is 0 Å². The molecule has 0 saturated carbocycles. The Hall–Kier alpha value is -0.523. The lowest BCUT2D eigenvalue weighted by Gasteiger charge is -1.88. The van der Waals surface area contributed by atoms with E-state index in [9.17, 15) is 12.3 Å². The second kappa shape index (κ2) is 1.53. The Morgan fingerprint density at radius 1 is 1.43 bits per heavy atom. The first-order valence-corrected chi connectivity index (χ1v) is 2.88. The average molecular weight is 130 g/mol. The van der Waals surface area contributed by atoms with E-state index in [0.29, 0.717) is 0 Å². The van der Waals surface area contributed by atoms with Crippen LogP contribution in [0.2, 0.25) is 0 Å². The Kier molecular flexibility index (Phi) is 1.41. The minimum Gasteiger partial charge on any atom is -0.478 e. The van der Waals surface area contributed by atoms with Gasteiger partial charge in [-0.1, -0.05) is 0 Å². The maximum absolute atomic E-state index is 10.7. The summed E-state index contributed by atoms with van der Waals surface area (Å²) in [5, 5.41) is 7.19. The van der Waals surface area contributed by atoms with Crippen LogP contribution in [-0.2, 0) is 0 Å². The maximum atomic E-state index is 10.7. The highest BCUT2D eigenvalue weighted by atomic mass is 28.5. The van der Waals surface area contributed by atoms with E-state index in [-0.39, 0.29) is 0 Å². The number of halogens is 3. The molecule has 0 saturated heterocycles. The van der Waals surface area contributed by atoms with Gasteiger partial charge >= 0.3 is 14.7 Å². The van der Waals surface area contributed by atoms with Crippen molar-refractivity contribution in [3.8, 4) is 0 Å². The zero-order chi connectivity index (χ0) is 6.08. The maximum Gasteiger partial charge on any atom is 0.735 e. The summed E-state index contributed by atoms with van der Waals surface area (Å²) in [5.74, 6) is 0. The SMILES string of the molecule is O=C(O)[Si](F)(F)F. The largest absolute Gasteiger partial charge is 0.735 e. The fraction of sp³-hybridized carbons (Fsp3) is 0. The quantitative estimate of drug-likeness (QED) is 0.426. The third-order valence-electron chi connectivity index (χ3n) is 0.243. The van der Waals surface area contributed by atoms with Gasteiger partial charge in [0.05, 0.1) is 0 Å². The van der Waals surface area contributed by atoms with Gasteiger partial charge in [0, 0.05) is 0 Å². The van der Waals surface area contributed by atoms with Crippen molar-refractivity contribution in [2.24, 2.45) is 0 Å². The summed E-state index contributed by atoms with van der Waals surface area (Å²) in [6.07, 6.45) is 0. The molecule has 42 valence electrons. The molecule has 6 heteroatoms. The number of carbonyl (C=O) groups is 1. The van der Waals surface area contributed by atoms with E-state index >= 15 is 0 Å². The second-order valence-corrected chi connectivity index (χ2v) is 2.23. The Bertz CT molecular complexity index is 85.4. The average Bonchev–Trinajstić information content (AvgIpc) is 1.31. The molecule has 7 heavy (non-hydrogen) atoms. The number of rotatable bonds is 1. The molecule has 0 spiro atoms. The Morgan fingerprint density at radius 3 is 1.57 bits per heavy atom. The highest BCUT2D eigenvalue weighted by Gasteiger charge is 2.48. The van der Waals surface area contributed by atoms with E-state index in [2.05, 4.69) is 0 Å². The molecule has 0 radical (unpaired) electrons. The highest BCUT2D eigenvalue weighted by Crippen LogP contribution is 2.07. The molecule has 0 unspecified atom stereocenters. The minimum atomic E-state index is -6.32. The molecule has 0 aliphatic carbocycles. The van der Waals surface area contributed by atoms with Crippen LogP contribution in [-0.4, -0.2) is 19.8 Å². The molecule has 2 nitrogen and oxygen atoms in total. The first-order valence-electron chi connectivity index (χ1n) is 1.24. The van der Waals surface area contributed by atoms with Crippen molar-refractivity contribution < 1.29 is 22.2 Å². The predicted octanol–water partition coefficient (Wildman–Crippen LogP) is 1.09. The summed E-state index contributed by atoms with van der Waals surface area (Å²) in [6.45, 7) is 0. The van der Waals surface area contributed by atoms with Gasteiger partial charge in [0.1, 0.15) is 0 Å². The van der Waals surface area contributed by atoms with Crippen LogP contribution in [0.4, 0.5) is 17.1 Å². The molecule has 0 bridgehead atoms. The van der Waals surface area contributed by atoms with Crippen LogP contribution in [0, 0.1) is 0 Å². The summed E-state index contributed by atoms with van der Waals surface area (Å²) in [6, 6.07) is 0. The summed E-state index contributed by atoms with van der Waals surface area (Å²) < 4.78 is 32.2. The molecule has 0 aromatic heterocycles. The van der Waals surface area contributed by atoms with Crippen LogP contribution in [0.25, 0.3) is 0 Å². The van der Waals surface area contributed by atoms with E-state index in [4.69, 9.17) is 9.90 Å². The van der Waals surface area contributed by atoms with Crippen LogP contribution in [0.3, 0.4) is 0 Å². The van der Waals surface area contributed by atoms with E-state index < -0.39 is 14.7 Å². The van der Waals surface area contributed by atoms with Crippen LogP contribution in [0.15, 0.2) is 0 Å². The minimum absolute atomic E-state index is 2.62. The summed E-state index contributed by atoms with van der Waals surface area (Å²) in [5.41, 5.74) is -2.62. The van der Waals surface area contributed by atoms with Crippen LogP contribution >= 0.6 is 0 Å². The Morgan fingerprint density at radius 2 is 1.57 bits per heavy atom. The summed E-state index contributed by atoms with van der Waals surface area (Å²) in [7, 11) is -6.32. The fourth-order valence-electron chi connectivity index (χ4n) is 0. The fourth-order valence-corrected chi connectivity index (χ4v) is 0. The molecule has 0 aromatic rings. The number of carboxylic acid groups (broad SMARTS) is 1. The third kappa shape index (κ3) is 2.21. The van der Waals surface area contributed by atoms with Crippen molar-refractivity contribution in [2.75, 3.05) is 0 Å². The van der Waals surface area contributed by atoms with Gasteiger partial charge in [0.15, 0.2) is 0 Å². The van der Waals surface area contributed by atoms with Gasteiger partial charge in [-0.25, -0.2) is 17.1 Å². The lowest BCUT2D eigenvalue weighted by Crippen LogP contribution is -2.27. The molecule has 0 amide bonds. The molecular formula is CHF3O2Si. The van der Waals surface area contributed by atoms with Gasteiger partial charge < -0.3 is 5.11 Å².